The van der Waals surface area contributed by atoms with Crippen LogP contribution in [0.3, 0.4) is 0 Å². The molecule has 148 valence electrons. The summed E-state index contributed by atoms with van der Waals surface area (Å²) < 4.78 is 0. The monoisotopic (exact) mass is 407 g/mol. The maximum atomic E-state index is 12.2. The summed E-state index contributed by atoms with van der Waals surface area (Å²) in [6.07, 6.45) is 0. The Kier molecular flexibility index (Phi) is 7.39. The fourth-order valence-corrected chi connectivity index (χ4v) is 3.04. The van der Waals surface area contributed by atoms with Gasteiger partial charge in [0.05, 0.1) is 12.6 Å². The molecule has 0 fully saturated rings. The maximum Gasteiger partial charge on any atom is 0.321 e. The van der Waals surface area contributed by atoms with Gasteiger partial charge in [0.25, 0.3) is 0 Å². The van der Waals surface area contributed by atoms with Crippen LogP contribution >= 0.6 is 11.6 Å². The average Bonchev–Trinajstić information content (AvgIpc) is 2.75. The number of hydrogen-bond acceptors (Lipinski definition) is 3. The van der Waals surface area contributed by atoms with Crippen molar-refractivity contribution in [3.8, 4) is 0 Å². The van der Waals surface area contributed by atoms with Gasteiger partial charge in [-0.2, -0.15) is 0 Å². The van der Waals surface area contributed by atoms with Gasteiger partial charge in [-0.15, -0.1) is 0 Å². The zero-order chi connectivity index (χ0) is 20.5. The summed E-state index contributed by atoms with van der Waals surface area (Å²) in [5, 5.41) is 8.88. The van der Waals surface area contributed by atoms with Gasteiger partial charge in [-0.1, -0.05) is 84.4 Å². The van der Waals surface area contributed by atoms with Crippen molar-refractivity contribution in [2.24, 2.45) is 0 Å². The molecule has 1 atom stereocenters. The summed E-state index contributed by atoms with van der Waals surface area (Å²) in [6, 6.07) is 26.0. The maximum absolute atomic E-state index is 12.2. The van der Waals surface area contributed by atoms with Crippen molar-refractivity contribution in [2.75, 3.05) is 6.54 Å². The molecule has 0 aliphatic rings. The highest BCUT2D eigenvalue weighted by Crippen LogP contribution is 2.23. The molecular weight excluding hydrogens is 386 g/mol. The summed E-state index contributed by atoms with van der Waals surface area (Å²) in [7, 11) is 0. The van der Waals surface area contributed by atoms with Crippen LogP contribution in [-0.2, 0) is 11.3 Å². The van der Waals surface area contributed by atoms with Crippen LogP contribution in [0.1, 0.15) is 22.7 Å². The SMILES string of the molecule is O=C(CN[C@H](c1ccccc1)c1ccc(Cl)cc1)NC(=O)NCc1ccccc1. The van der Waals surface area contributed by atoms with Crippen molar-refractivity contribution in [1.29, 1.82) is 0 Å². The van der Waals surface area contributed by atoms with E-state index in [0.717, 1.165) is 16.7 Å². The molecule has 3 rings (SSSR count). The van der Waals surface area contributed by atoms with Gasteiger partial charge in [0.15, 0.2) is 0 Å². The van der Waals surface area contributed by atoms with Crippen LogP contribution in [0.25, 0.3) is 0 Å². The second kappa shape index (κ2) is 10.4. The zero-order valence-corrected chi connectivity index (χ0v) is 16.5. The molecule has 0 bridgehead atoms. The summed E-state index contributed by atoms with van der Waals surface area (Å²) in [5.41, 5.74) is 2.94. The Balaban J connectivity index is 1.56. The number of carbonyl (C=O) groups is 2. The standard InChI is InChI=1S/C23H22ClN3O2/c24-20-13-11-19(12-14-20)22(18-9-5-2-6-10-18)25-16-21(28)27-23(29)26-15-17-7-3-1-4-8-17/h1-14,22,25H,15-16H2,(H2,26,27,28,29)/t22-/m1/s1. The van der Waals surface area contributed by atoms with E-state index in [9.17, 15) is 9.59 Å². The molecule has 0 aliphatic heterocycles. The Labute approximate surface area is 175 Å². The molecule has 3 amide bonds. The summed E-state index contributed by atoms with van der Waals surface area (Å²) in [6.45, 7) is 0.339. The van der Waals surface area contributed by atoms with Gasteiger partial charge in [-0.3, -0.25) is 15.4 Å². The van der Waals surface area contributed by atoms with Crippen molar-refractivity contribution in [3.05, 3.63) is 107 Å². The number of hydrogen-bond donors (Lipinski definition) is 3. The highest BCUT2D eigenvalue weighted by atomic mass is 35.5. The van der Waals surface area contributed by atoms with Crippen molar-refractivity contribution in [1.82, 2.24) is 16.0 Å². The number of imide groups is 1. The molecule has 0 aromatic heterocycles. The molecule has 0 radical (unpaired) electrons. The quantitative estimate of drug-likeness (QED) is 0.553. The molecule has 6 heteroatoms. The highest BCUT2D eigenvalue weighted by molar-refractivity contribution is 6.30. The van der Waals surface area contributed by atoms with E-state index in [2.05, 4.69) is 16.0 Å². The topological polar surface area (TPSA) is 70.2 Å². The second-order valence-electron chi connectivity index (χ2n) is 6.49. The predicted octanol–water partition coefficient (Wildman–Crippen LogP) is 4.05. The first-order chi connectivity index (χ1) is 14.1. The molecule has 0 unspecified atom stereocenters. The Morgan fingerprint density at radius 2 is 1.38 bits per heavy atom. The van der Waals surface area contributed by atoms with Crippen LogP contribution in [-0.4, -0.2) is 18.5 Å². The first kappa shape index (κ1) is 20.6. The Hall–Kier alpha value is -3.15. The zero-order valence-electron chi connectivity index (χ0n) is 15.8. The van der Waals surface area contributed by atoms with E-state index in [-0.39, 0.29) is 12.6 Å². The molecule has 0 aliphatic carbocycles. The Bertz CT molecular complexity index is 931. The largest absolute Gasteiger partial charge is 0.334 e. The molecule has 0 saturated carbocycles. The number of halogens is 1. The van der Waals surface area contributed by atoms with Crippen molar-refractivity contribution in [3.63, 3.8) is 0 Å². The van der Waals surface area contributed by atoms with Crippen molar-refractivity contribution < 1.29 is 9.59 Å². The molecule has 0 saturated heterocycles. The minimum Gasteiger partial charge on any atom is -0.334 e. The number of amides is 3. The van der Waals surface area contributed by atoms with Crippen molar-refractivity contribution >= 4 is 23.5 Å². The van der Waals surface area contributed by atoms with Gasteiger partial charge in [-0.05, 0) is 28.8 Å². The number of rotatable bonds is 7. The van der Waals surface area contributed by atoms with Gasteiger partial charge < -0.3 is 5.32 Å². The molecule has 3 aromatic carbocycles. The van der Waals surface area contributed by atoms with Crippen LogP contribution in [0.2, 0.25) is 5.02 Å². The average molecular weight is 408 g/mol. The fourth-order valence-electron chi connectivity index (χ4n) is 2.92. The first-order valence-corrected chi connectivity index (χ1v) is 9.65. The van der Waals surface area contributed by atoms with Crippen LogP contribution in [0.15, 0.2) is 84.9 Å². The van der Waals surface area contributed by atoms with Gasteiger partial charge >= 0.3 is 6.03 Å². The second-order valence-corrected chi connectivity index (χ2v) is 6.93. The van der Waals surface area contributed by atoms with Crippen LogP contribution in [0.4, 0.5) is 4.79 Å². The molecule has 3 aromatic rings. The Morgan fingerprint density at radius 3 is 2.03 bits per heavy atom. The van der Waals surface area contributed by atoms with E-state index in [0.29, 0.717) is 11.6 Å². The lowest BCUT2D eigenvalue weighted by atomic mass is 9.99. The van der Waals surface area contributed by atoms with E-state index < -0.39 is 11.9 Å². The molecule has 5 nitrogen and oxygen atoms in total. The van der Waals surface area contributed by atoms with E-state index >= 15 is 0 Å². The van der Waals surface area contributed by atoms with Gasteiger partial charge in [0.2, 0.25) is 5.91 Å². The van der Waals surface area contributed by atoms with E-state index in [4.69, 9.17) is 11.6 Å². The number of urea groups is 1. The number of nitrogens with one attached hydrogen (secondary N) is 3. The number of benzene rings is 3. The highest BCUT2D eigenvalue weighted by Gasteiger charge is 2.16. The Morgan fingerprint density at radius 1 is 0.793 bits per heavy atom. The van der Waals surface area contributed by atoms with Gasteiger partial charge in [0, 0.05) is 11.6 Å². The molecule has 3 N–H and O–H groups in total. The number of carbonyl (C=O) groups excluding carboxylic acids is 2. The third kappa shape index (κ3) is 6.45. The van der Waals surface area contributed by atoms with Crippen LogP contribution in [0.5, 0.6) is 0 Å². The summed E-state index contributed by atoms with van der Waals surface area (Å²) in [5.74, 6) is -0.412. The lowest BCUT2D eigenvalue weighted by Crippen LogP contribution is -2.43. The van der Waals surface area contributed by atoms with E-state index in [1.54, 1.807) is 0 Å². The minimum atomic E-state index is -0.525. The lowest BCUT2D eigenvalue weighted by molar-refractivity contribution is -0.119. The molecule has 29 heavy (non-hydrogen) atoms. The summed E-state index contributed by atoms with van der Waals surface area (Å²) in [4.78, 5) is 24.2. The fraction of sp³-hybridized carbons (Fsp3) is 0.130. The van der Waals surface area contributed by atoms with Gasteiger partial charge in [0.1, 0.15) is 0 Å². The smallest absolute Gasteiger partial charge is 0.321 e. The minimum absolute atomic E-state index is 0.0130. The van der Waals surface area contributed by atoms with E-state index in [1.165, 1.54) is 0 Å². The van der Waals surface area contributed by atoms with Gasteiger partial charge in [-0.25, -0.2) is 4.79 Å². The normalized spacial score (nSPS) is 11.5. The van der Waals surface area contributed by atoms with E-state index in [1.807, 2.05) is 84.9 Å². The van der Waals surface area contributed by atoms with Crippen molar-refractivity contribution in [2.45, 2.75) is 12.6 Å². The third-order valence-corrected chi connectivity index (χ3v) is 4.60. The first-order valence-electron chi connectivity index (χ1n) is 9.27. The lowest BCUT2D eigenvalue weighted by Gasteiger charge is -2.20. The molecule has 0 heterocycles. The van der Waals surface area contributed by atoms with Crippen LogP contribution < -0.4 is 16.0 Å². The van der Waals surface area contributed by atoms with Crippen LogP contribution in [0, 0.1) is 0 Å². The molecular formula is C23H22ClN3O2. The summed E-state index contributed by atoms with van der Waals surface area (Å²) >= 11 is 5.99. The third-order valence-electron chi connectivity index (χ3n) is 4.35. The molecule has 0 spiro atoms. The predicted molar refractivity (Wildman–Crippen MR) is 115 cm³/mol.